The van der Waals surface area contributed by atoms with Gasteiger partial charge >= 0.3 is 5.97 Å². The van der Waals surface area contributed by atoms with Gasteiger partial charge in [-0.05, 0) is 38.3 Å². The highest BCUT2D eigenvalue weighted by Crippen LogP contribution is 2.29. The molecule has 8 nitrogen and oxygen atoms in total. The summed E-state index contributed by atoms with van der Waals surface area (Å²) in [5.41, 5.74) is 0.606. The third kappa shape index (κ3) is 3.71. The van der Waals surface area contributed by atoms with Gasteiger partial charge in [0.15, 0.2) is 0 Å². The number of carbonyl (C=O) groups is 2. The van der Waals surface area contributed by atoms with Gasteiger partial charge in [0.05, 0.1) is 12.6 Å². The number of hydrogen-bond acceptors (Lipinski definition) is 7. The first-order valence-electron chi connectivity index (χ1n) is 7.90. The van der Waals surface area contributed by atoms with Crippen molar-refractivity contribution >= 4 is 21.9 Å². The number of amides is 1. The summed E-state index contributed by atoms with van der Waals surface area (Å²) in [4.78, 5) is 23.5. The Morgan fingerprint density at radius 1 is 1.36 bits per heavy atom. The zero-order chi connectivity index (χ0) is 18.9. The molecule has 1 aromatic rings. The van der Waals surface area contributed by atoms with Gasteiger partial charge in [-0.15, -0.1) is 0 Å². The molecule has 1 aliphatic rings. The van der Waals surface area contributed by atoms with Gasteiger partial charge in [-0.2, -0.15) is 0 Å². The van der Waals surface area contributed by atoms with Crippen LogP contribution in [0.2, 0.25) is 0 Å². The lowest BCUT2D eigenvalue weighted by Gasteiger charge is -2.21. The van der Waals surface area contributed by atoms with E-state index in [0.29, 0.717) is 5.76 Å². The fourth-order valence-electron chi connectivity index (χ4n) is 2.48. The molecule has 1 atom stereocenters. The number of hydrogen-bond donors (Lipinski definition) is 2. The van der Waals surface area contributed by atoms with E-state index in [9.17, 15) is 18.0 Å². The minimum atomic E-state index is -4.25. The molecule has 0 saturated carbocycles. The Morgan fingerprint density at radius 3 is 2.48 bits per heavy atom. The Hall–Kier alpha value is -2.29. The van der Waals surface area contributed by atoms with Crippen molar-refractivity contribution in [3.05, 3.63) is 33.8 Å². The van der Waals surface area contributed by atoms with Crippen LogP contribution in [0.4, 0.5) is 0 Å². The fourth-order valence-corrected chi connectivity index (χ4v) is 3.62. The molecule has 0 aliphatic carbocycles. The van der Waals surface area contributed by atoms with Gasteiger partial charge in [-0.1, -0.05) is 13.8 Å². The largest absolute Gasteiger partial charge is 0.464 e. The second-order valence-electron chi connectivity index (χ2n) is 6.11. The van der Waals surface area contributed by atoms with Crippen LogP contribution in [-0.2, 0) is 24.3 Å². The Bertz CT molecular complexity index is 815. The summed E-state index contributed by atoms with van der Waals surface area (Å²) < 4.78 is 36.5. The zero-order valence-corrected chi connectivity index (χ0v) is 15.6. The second kappa shape index (κ2) is 6.91. The molecule has 1 aliphatic heterocycles. The van der Waals surface area contributed by atoms with Gasteiger partial charge in [-0.25, -0.2) is 17.9 Å². The Kier molecular flexibility index (Phi) is 5.26. The van der Waals surface area contributed by atoms with Crippen molar-refractivity contribution in [2.45, 2.75) is 40.7 Å². The molecular formula is C16H22N2O6S. The molecule has 0 unspecified atom stereocenters. The summed E-state index contributed by atoms with van der Waals surface area (Å²) in [6.45, 7) is 9.01. The maximum atomic E-state index is 12.1. The van der Waals surface area contributed by atoms with Crippen LogP contribution < -0.4 is 10.0 Å². The summed E-state index contributed by atoms with van der Waals surface area (Å²) in [7, 11) is -4.25. The van der Waals surface area contributed by atoms with Crippen LogP contribution in [-0.4, -0.2) is 26.9 Å². The molecule has 2 heterocycles. The van der Waals surface area contributed by atoms with Crippen LogP contribution >= 0.6 is 0 Å². The normalized spacial score (nSPS) is 17.6. The SMILES string of the molecule is CCOC(=O)C1=C(N[C@@H](c2cc(C)c(C)o2)C(C)C)C(=O)NS1(=O)=O. The van der Waals surface area contributed by atoms with E-state index >= 15 is 0 Å². The molecule has 0 aromatic carbocycles. The van der Waals surface area contributed by atoms with Crippen molar-refractivity contribution < 1.29 is 27.2 Å². The van der Waals surface area contributed by atoms with Crippen LogP contribution in [0.5, 0.6) is 0 Å². The van der Waals surface area contributed by atoms with Gasteiger partial charge in [-0.3, -0.25) is 4.79 Å². The number of esters is 1. The maximum Gasteiger partial charge on any atom is 0.354 e. The van der Waals surface area contributed by atoms with Crippen molar-refractivity contribution in [3.8, 4) is 0 Å². The lowest BCUT2D eigenvalue weighted by atomic mass is 10.0. The zero-order valence-electron chi connectivity index (χ0n) is 14.8. The quantitative estimate of drug-likeness (QED) is 0.728. The maximum absolute atomic E-state index is 12.1. The smallest absolute Gasteiger partial charge is 0.354 e. The van der Waals surface area contributed by atoms with E-state index in [-0.39, 0.29) is 18.2 Å². The summed E-state index contributed by atoms with van der Waals surface area (Å²) >= 11 is 0. The van der Waals surface area contributed by atoms with Crippen LogP contribution in [0.3, 0.4) is 0 Å². The molecule has 138 valence electrons. The number of ether oxygens (including phenoxy) is 1. The lowest BCUT2D eigenvalue weighted by Crippen LogP contribution is -2.31. The van der Waals surface area contributed by atoms with Crippen LogP contribution in [0.25, 0.3) is 0 Å². The molecule has 9 heteroatoms. The summed E-state index contributed by atoms with van der Waals surface area (Å²) in [6, 6.07) is 1.32. The molecule has 0 saturated heterocycles. The first-order chi connectivity index (χ1) is 11.6. The molecular weight excluding hydrogens is 348 g/mol. The third-order valence-corrected chi connectivity index (χ3v) is 5.23. The fraction of sp³-hybridized carbons (Fsp3) is 0.500. The predicted octanol–water partition coefficient (Wildman–Crippen LogP) is 1.42. The minimum Gasteiger partial charge on any atom is -0.464 e. The van der Waals surface area contributed by atoms with Crippen molar-refractivity contribution in [1.29, 1.82) is 0 Å². The predicted molar refractivity (Wildman–Crippen MR) is 89.6 cm³/mol. The van der Waals surface area contributed by atoms with Crippen molar-refractivity contribution in [1.82, 2.24) is 10.0 Å². The average molecular weight is 370 g/mol. The van der Waals surface area contributed by atoms with E-state index in [1.165, 1.54) is 0 Å². The number of aryl methyl sites for hydroxylation is 2. The van der Waals surface area contributed by atoms with Gasteiger partial charge in [0.25, 0.3) is 15.9 Å². The van der Waals surface area contributed by atoms with Gasteiger partial charge < -0.3 is 14.5 Å². The highest BCUT2D eigenvalue weighted by atomic mass is 32.2. The molecule has 1 aromatic heterocycles. The minimum absolute atomic E-state index is 0.0104. The summed E-state index contributed by atoms with van der Waals surface area (Å²) in [5, 5.41) is 2.86. The van der Waals surface area contributed by atoms with E-state index in [1.54, 1.807) is 6.92 Å². The summed E-state index contributed by atoms with van der Waals surface area (Å²) in [6.07, 6.45) is 0. The Morgan fingerprint density at radius 2 is 2.00 bits per heavy atom. The van der Waals surface area contributed by atoms with Crippen molar-refractivity contribution in [3.63, 3.8) is 0 Å². The molecule has 2 rings (SSSR count). The van der Waals surface area contributed by atoms with E-state index in [0.717, 1.165) is 11.3 Å². The van der Waals surface area contributed by atoms with Crippen molar-refractivity contribution in [2.75, 3.05) is 6.61 Å². The Balaban J connectivity index is 2.49. The second-order valence-corrected chi connectivity index (χ2v) is 7.73. The first kappa shape index (κ1) is 19.0. The highest BCUT2D eigenvalue weighted by Gasteiger charge is 2.42. The average Bonchev–Trinajstić information content (AvgIpc) is 2.92. The van der Waals surface area contributed by atoms with Crippen molar-refractivity contribution in [2.24, 2.45) is 5.92 Å². The standard InChI is InChI=1S/C16H22N2O6S/c1-6-23-16(20)14-13(15(19)18-25(14,21)22)17-12(8(2)3)11-7-9(4)10(5)24-11/h7-8,12,17H,6H2,1-5H3,(H,18,19)/t12-/m1/s1. The lowest BCUT2D eigenvalue weighted by molar-refractivity contribution is -0.137. The number of furan rings is 1. The molecule has 0 radical (unpaired) electrons. The molecule has 0 spiro atoms. The van der Waals surface area contributed by atoms with Gasteiger partial charge in [0.1, 0.15) is 17.2 Å². The van der Waals surface area contributed by atoms with Crippen LogP contribution in [0, 0.1) is 19.8 Å². The first-order valence-corrected chi connectivity index (χ1v) is 9.38. The molecule has 0 bridgehead atoms. The molecule has 1 amide bonds. The monoisotopic (exact) mass is 370 g/mol. The van der Waals surface area contributed by atoms with Crippen LogP contribution in [0.15, 0.2) is 21.1 Å². The Labute approximate surface area is 146 Å². The van der Waals surface area contributed by atoms with E-state index in [1.807, 2.05) is 38.5 Å². The number of nitrogens with one attached hydrogen (secondary N) is 2. The van der Waals surface area contributed by atoms with Crippen LogP contribution in [0.1, 0.15) is 43.9 Å². The van der Waals surface area contributed by atoms with E-state index < -0.39 is 32.8 Å². The highest BCUT2D eigenvalue weighted by molar-refractivity contribution is 7.95. The number of rotatable bonds is 6. The third-order valence-electron chi connectivity index (χ3n) is 3.87. The number of sulfonamides is 1. The van der Waals surface area contributed by atoms with E-state index in [4.69, 9.17) is 9.15 Å². The molecule has 25 heavy (non-hydrogen) atoms. The topological polar surface area (TPSA) is 115 Å². The van der Waals surface area contributed by atoms with Gasteiger partial charge in [0.2, 0.25) is 4.91 Å². The molecule has 2 N–H and O–H groups in total. The van der Waals surface area contributed by atoms with E-state index in [2.05, 4.69) is 5.32 Å². The molecule has 0 fully saturated rings. The van der Waals surface area contributed by atoms with Gasteiger partial charge in [0, 0.05) is 0 Å². The summed E-state index contributed by atoms with van der Waals surface area (Å²) in [5.74, 6) is -0.730. The number of carbonyl (C=O) groups excluding carboxylic acids is 2.